The van der Waals surface area contributed by atoms with Gasteiger partial charge >= 0.3 is 0 Å². The molecule has 0 aromatic carbocycles. The predicted molar refractivity (Wildman–Crippen MR) is 73.2 cm³/mol. The van der Waals surface area contributed by atoms with Crippen LogP contribution in [0.1, 0.15) is 21.9 Å². The fourth-order valence-electron chi connectivity index (χ4n) is 1.73. The van der Waals surface area contributed by atoms with E-state index in [9.17, 15) is 4.79 Å². The van der Waals surface area contributed by atoms with Crippen molar-refractivity contribution in [3.8, 4) is 0 Å². The number of aryl methyl sites for hydroxylation is 2. The first-order chi connectivity index (χ1) is 9.04. The lowest BCUT2D eigenvalue weighted by molar-refractivity contribution is 0.101. The summed E-state index contributed by atoms with van der Waals surface area (Å²) in [6.07, 6.45) is 1.61. The van der Waals surface area contributed by atoms with Crippen LogP contribution in [0.2, 0.25) is 0 Å². The van der Waals surface area contributed by atoms with Crippen molar-refractivity contribution in [3.63, 3.8) is 0 Å². The Bertz CT molecular complexity index is 583. The molecule has 7 heteroatoms. The lowest BCUT2D eigenvalue weighted by atomic mass is 10.2. The van der Waals surface area contributed by atoms with E-state index in [0.29, 0.717) is 29.0 Å². The maximum Gasteiger partial charge on any atom is 0.232 e. The number of hydrogen-bond acceptors (Lipinski definition) is 4. The zero-order valence-corrected chi connectivity index (χ0v) is 12.6. The van der Waals surface area contributed by atoms with Crippen LogP contribution in [-0.4, -0.2) is 39.1 Å². The zero-order chi connectivity index (χ0) is 14.0. The number of hydrogen-bond donors (Lipinski definition) is 0. The first kappa shape index (κ1) is 14.0. The van der Waals surface area contributed by atoms with E-state index < -0.39 is 0 Å². The van der Waals surface area contributed by atoms with Crippen LogP contribution in [0, 0.1) is 6.92 Å². The molecule has 0 saturated heterocycles. The number of nitrogens with zero attached hydrogens (tertiary/aromatic N) is 4. The standard InChI is InChI=1S/C12H15BrN4O2/c1-8-6-10(15-16(8)2)12(18)11-9(13)7-14-17(11)4-5-19-3/h6-7H,4-5H2,1-3H3. The van der Waals surface area contributed by atoms with Gasteiger partial charge in [0.2, 0.25) is 5.78 Å². The number of methoxy groups -OCH3 is 1. The summed E-state index contributed by atoms with van der Waals surface area (Å²) >= 11 is 3.35. The lowest BCUT2D eigenvalue weighted by Crippen LogP contribution is -2.15. The molecular formula is C12H15BrN4O2. The van der Waals surface area contributed by atoms with Crippen molar-refractivity contribution in [2.75, 3.05) is 13.7 Å². The minimum atomic E-state index is -0.149. The highest BCUT2D eigenvalue weighted by molar-refractivity contribution is 9.10. The average molecular weight is 327 g/mol. The Morgan fingerprint density at radius 2 is 2.26 bits per heavy atom. The lowest BCUT2D eigenvalue weighted by Gasteiger charge is -2.05. The third-order valence-electron chi connectivity index (χ3n) is 2.86. The van der Waals surface area contributed by atoms with Gasteiger partial charge in [0, 0.05) is 19.9 Å². The van der Waals surface area contributed by atoms with Gasteiger partial charge in [0.1, 0.15) is 11.4 Å². The van der Waals surface area contributed by atoms with Gasteiger partial charge in [-0.2, -0.15) is 10.2 Å². The first-order valence-corrected chi connectivity index (χ1v) is 6.59. The summed E-state index contributed by atoms with van der Waals surface area (Å²) in [6, 6.07) is 1.77. The van der Waals surface area contributed by atoms with Gasteiger partial charge < -0.3 is 4.74 Å². The van der Waals surface area contributed by atoms with Gasteiger partial charge in [-0.15, -0.1) is 0 Å². The van der Waals surface area contributed by atoms with E-state index >= 15 is 0 Å². The number of ether oxygens (including phenoxy) is 1. The van der Waals surface area contributed by atoms with Crippen molar-refractivity contribution in [3.05, 3.63) is 33.8 Å². The van der Waals surface area contributed by atoms with E-state index in [1.807, 2.05) is 14.0 Å². The molecule has 0 spiro atoms. The third kappa shape index (κ3) is 2.76. The van der Waals surface area contributed by atoms with Crippen molar-refractivity contribution in [1.29, 1.82) is 0 Å². The summed E-state index contributed by atoms with van der Waals surface area (Å²) < 4.78 is 8.98. The maximum absolute atomic E-state index is 12.5. The minimum absolute atomic E-state index is 0.149. The fraction of sp³-hybridized carbons (Fsp3) is 0.417. The van der Waals surface area contributed by atoms with Crippen LogP contribution >= 0.6 is 15.9 Å². The van der Waals surface area contributed by atoms with E-state index in [1.54, 1.807) is 28.7 Å². The van der Waals surface area contributed by atoms with Crippen LogP contribution in [0.4, 0.5) is 0 Å². The summed E-state index contributed by atoms with van der Waals surface area (Å²) in [5, 5.41) is 8.37. The monoisotopic (exact) mass is 326 g/mol. The summed E-state index contributed by atoms with van der Waals surface area (Å²) in [5.41, 5.74) is 1.84. The Kier molecular flexibility index (Phi) is 4.16. The molecule has 0 atom stereocenters. The molecule has 2 aromatic rings. The number of carbonyl (C=O) groups excluding carboxylic acids is 1. The van der Waals surface area contributed by atoms with Crippen molar-refractivity contribution in [2.45, 2.75) is 13.5 Å². The van der Waals surface area contributed by atoms with Gasteiger partial charge in [-0.1, -0.05) is 0 Å². The van der Waals surface area contributed by atoms with Crippen LogP contribution in [0.3, 0.4) is 0 Å². The number of ketones is 1. The fourth-order valence-corrected chi connectivity index (χ4v) is 2.20. The predicted octanol–water partition coefficient (Wildman–Crippen LogP) is 1.56. The highest BCUT2D eigenvalue weighted by atomic mass is 79.9. The van der Waals surface area contributed by atoms with Crippen molar-refractivity contribution in [2.24, 2.45) is 7.05 Å². The molecule has 0 bridgehead atoms. The number of aromatic nitrogens is 4. The van der Waals surface area contributed by atoms with Crippen LogP contribution in [0.5, 0.6) is 0 Å². The number of carbonyl (C=O) groups is 1. The number of halogens is 1. The normalized spacial score (nSPS) is 10.9. The molecule has 2 aromatic heterocycles. The molecule has 0 aliphatic carbocycles. The third-order valence-corrected chi connectivity index (χ3v) is 3.44. The van der Waals surface area contributed by atoms with Crippen LogP contribution < -0.4 is 0 Å². The second kappa shape index (κ2) is 5.66. The first-order valence-electron chi connectivity index (χ1n) is 5.80. The van der Waals surface area contributed by atoms with E-state index in [-0.39, 0.29) is 5.78 Å². The Labute approximate surface area is 119 Å². The summed E-state index contributed by atoms with van der Waals surface area (Å²) in [7, 11) is 3.42. The van der Waals surface area contributed by atoms with Crippen molar-refractivity contribution >= 4 is 21.7 Å². The smallest absolute Gasteiger partial charge is 0.232 e. The zero-order valence-electron chi connectivity index (χ0n) is 11.1. The van der Waals surface area contributed by atoms with Crippen LogP contribution in [0.15, 0.2) is 16.7 Å². The second-order valence-corrected chi connectivity index (χ2v) is 5.04. The highest BCUT2D eigenvalue weighted by Crippen LogP contribution is 2.19. The molecule has 2 rings (SSSR count). The molecule has 0 N–H and O–H groups in total. The molecule has 6 nitrogen and oxygen atoms in total. The molecule has 102 valence electrons. The largest absolute Gasteiger partial charge is 0.383 e. The van der Waals surface area contributed by atoms with Gasteiger partial charge in [-0.3, -0.25) is 14.2 Å². The molecular weight excluding hydrogens is 312 g/mol. The van der Waals surface area contributed by atoms with Crippen LogP contribution in [0.25, 0.3) is 0 Å². The van der Waals surface area contributed by atoms with Crippen LogP contribution in [-0.2, 0) is 18.3 Å². The van der Waals surface area contributed by atoms with Gasteiger partial charge in [-0.25, -0.2) is 0 Å². The average Bonchev–Trinajstić information content (AvgIpc) is 2.90. The minimum Gasteiger partial charge on any atom is -0.383 e. The number of rotatable bonds is 5. The molecule has 0 fully saturated rings. The summed E-state index contributed by atoms with van der Waals surface area (Å²) in [5.74, 6) is -0.149. The Morgan fingerprint density at radius 3 is 2.84 bits per heavy atom. The quantitative estimate of drug-likeness (QED) is 0.782. The van der Waals surface area contributed by atoms with Gasteiger partial charge in [0.25, 0.3) is 0 Å². The molecule has 0 aliphatic rings. The molecule has 19 heavy (non-hydrogen) atoms. The summed E-state index contributed by atoms with van der Waals surface area (Å²) in [4.78, 5) is 12.5. The second-order valence-electron chi connectivity index (χ2n) is 4.18. The Balaban J connectivity index is 2.35. The molecule has 2 heterocycles. The Hall–Kier alpha value is -1.47. The van der Waals surface area contributed by atoms with Gasteiger partial charge in [-0.05, 0) is 28.9 Å². The molecule has 0 amide bonds. The van der Waals surface area contributed by atoms with E-state index in [1.165, 1.54) is 0 Å². The molecule has 0 unspecified atom stereocenters. The van der Waals surface area contributed by atoms with Crippen molar-refractivity contribution < 1.29 is 9.53 Å². The van der Waals surface area contributed by atoms with Crippen molar-refractivity contribution in [1.82, 2.24) is 19.6 Å². The van der Waals surface area contributed by atoms with E-state index in [2.05, 4.69) is 26.1 Å². The van der Waals surface area contributed by atoms with Gasteiger partial charge in [0.15, 0.2) is 0 Å². The maximum atomic E-state index is 12.5. The molecule has 0 saturated carbocycles. The topological polar surface area (TPSA) is 61.9 Å². The Morgan fingerprint density at radius 1 is 1.53 bits per heavy atom. The molecule has 0 aliphatic heterocycles. The molecule has 0 radical (unpaired) electrons. The van der Waals surface area contributed by atoms with E-state index in [0.717, 1.165) is 5.69 Å². The SMILES string of the molecule is COCCn1ncc(Br)c1C(=O)c1cc(C)n(C)n1. The highest BCUT2D eigenvalue weighted by Gasteiger charge is 2.21. The van der Waals surface area contributed by atoms with Gasteiger partial charge in [0.05, 0.1) is 23.8 Å². The van der Waals surface area contributed by atoms with E-state index in [4.69, 9.17) is 4.74 Å². The summed E-state index contributed by atoms with van der Waals surface area (Å²) in [6.45, 7) is 2.92.